The highest BCUT2D eigenvalue weighted by atomic mass is 19.4. The summed E-state index contributed by atoms with van der Waals surface area (Å²) in [6.45, 7) is 5.04. The van der Waals surface area contributed by atoms with Crippen molar-refractivity contribution < 1.29 is 13.2 Å². The molecular weight excluding hydrogens is 321 g/mol. The topological polar surface area (TPSA) is 72.9 Å². The van der Waals surface area contributed by atoms with E-state index in [0.717, 1.165) is 31.6 Å². The second kappa shape index (κ2) is 6.14. The highest BCUT2D eigenvalue weighted by Crippen LogP contribution is 2.31. The van der Waals surface area contributed by atoms with Gasteiger partial charge in [-0.15, -0.1) is 5.10 Å². The highest BCUT2D eigenvalue weighted by molar-refractivity contribution is 5.35. The predicted octanol–water partition coefficient (Wildman–Crippen LogP) is 1.85. The third-order valence-electron chi connectivity index (χ3n) is 4.47. The summed E-state index contributed by atoms with van der Waals surface area (Å²) in [5.74, 6) is 0.594. The first kappa shape index (κ1) is 16.8. The zero-order chi connectivity index (χ0) is 17.4. The van der Waals surface area contributed by atoms with Crippen LogP contribution in [0.15, 0.2) is 24.3 Å². The molecule has 1 fully saturated rings. The molecule has 1 aromatic carbocycles. The summed E-state index contributed by atoms with van der Waals surface area (Å²) in [7, 11) is 0. The second-order valence-corrected chi connectivity index (χ2v) is 6.53. The number of likely N-dealkylation sites (tertiary alicyclic amines) is 1. The number of hydrogen-bond donors (Lipinski definition) is 1. The molecule has 1 unspecified atom stereocenters. The number of alkyl halides is 3. The van der Waals surface area contributed by atoms with Gasteiger partial charge in [0.2, 0.25) is 0 Å². The Kier molecular flexibility index (Phi) is 4.31. The minimum atomic E-state index is -4.36. The molecule has 2 N–H and O–H groups in total. The molecule has 6 nitrogen and oxygen atoms in total. The van der Waals surface area contributed by atoms with Crippen LogP contribution in [0, 0.1) is 5.41 Å². The van der Waals surface area contributed by atoms with Gasteiger partial charge in [0.25, 0.3) is 0 Å². The number of hydrogen-bond acceptors (Lipinski definition) is 5. The average Bonchev–Trinajstić information content (AvgIpc) is 3.15. The first-order valence-electron chi connectivity index (χ1n) is 7.68. The van der Waals surface area contributed by atoms with E-state index in [2.05, 4.69) is 27.3 Å². The Hall–Kier alpha value is -2.00. The molecule has 2 heterocycles. The van der Waals surface area contributed by atoms with E-state index < -0.39 is 11.7 Å². The Labute approximate surface area is 137 Å². The van der Waals surface area contributed by atoms with Crippen molar-refractivity contribution in [1.29, 1.82) is 0 Å². The lowest BCUT2D eigenvalue weighted by Gasteiger charge is -2.22. The standard InChI is InChI=1S/C15H19F3N6/c1-14(9-19)6-7-23(10-14)8-13-20-21-22-24(13)12-4-2-11(3-5-12)15(16,17)18/h2-5H,6-10,19H2,1H3. The molecule has 0 spiro atoms. The van der Waals surface area contributed by atoms with Crippen LogP contribution in [0.5, 0.6) is 0 Å². The SMILES string of the molecule is CC1(CN)CCN(Cc2nnnn2-c2ccc(C(F)(F)F)cc2)C1. The Bertz CT molecular complexity index is 696. The molecule has 24 heavy (non-hydrogen) atoms. The quantitative estimate of drug-likeness (QED) is 0.920. The zero-order valence-corrected chi connectivity index (χ0v) is 13.3. The molecular formula is C15H19F3N6. The van der Waals surface area contributed by atoms with Crippen molar-refractivity contribution in [3.63, 3.8) is 0 Å². The molecule has 3 rings (SSSR count). The third kappa shape index (κ3) is 3.41. The molecule has 0 amide bonds. The number of rotatable bonds is 4. The summed E-state index contributed by atoms with van der Waals surface area (Å²) in [6.07, 6.45) is -3.35. The lowest BCUT2D eigenvalue weighted by atomic mass is 9.90. The van der Waals surface area contributed by atoms with Gasteiger partial charge in [-0.1, -0.05) is 6.92 Å². The van der Waals surface area contributed by atoms with Crippen LogP contribution >= 0.6 is 0 Å². The molecule has 0 radical (unpaired) electrons. The van der Waals surface area contributed by atoms with Gasteiger partial charge in [0.05, 0.1) is 17.8 Å². The third-order valence-corrected chi connectivity index (χ3v) is 4.47. The molecule has 0 saturated carbocycles. The maximum Gasteiger partial charge on any atom is 0.416 e. The van der Waals surface area contributed by atoms with Crippen molar-refractivity contribution in [2.75, 3.05) is 19.6 Å². The molecule has 1 aliphatic rings. The van der Waals surface area contributed by atoms with Crippen LogP contribution < -0.4 is 5.73 Å². The average molecular weight is 340 g/mol. The van der Waals surface area contributed by atoms with E-state index in [9.17, 15) is 13.2 Å². The Morgan fingerprint density at radius 1 is 1.25 bits per heavy atom. The van der Waals surface area contributed by atoms with Gasteiger partial charge in [0.15, 0.2) is 5.82 Å². The first-order valence-corrected chi connectivity index (χ1v) is 7.68. The van der Waals surface area contributed by atoms with E-state index in [4.69, 9.17) is 5.73 Å². The summed E-state index contributed by atoms with van der Waals surface area (Å²) >= 11 is 0. The summed E-state index contributed by atoms with van der Waals surface area (Å²) in [5.41, 5.74) is 5.71. The van der Waals surface area contributed by atoms with Crippen LogP contribution in [0.3, 0.4) is 0 Å². The molecule has 1 saturated heterocycles. The number of halogens is 3. The number of aromatic nitrogens is 4. The van der Waals surface area contributed by atoms with E-state index in [-0.39, 0.29) is 5.41 Å². The van der Waals surface area contributed by atoms with E-state index >= 15 is 0 Å². The fraction of sp³-hybridized carbons (Fsp3) is 0.533. The van der Waals surface area contributed by atoms with Gasteiger partial charge < -0.3 is 5.73 Å². The van der Waals surface area contributed by atoms with Gasteiger partial charge in [0.1, 0.15) is 0 Å². The van der Waals surface area contributed by atoms with Crippen molar-refractivity contribution in [2.45, 2.75) is 26.1 Å². The molecule has 130 valence electrons. The van der Waals surface area contributed by atoms with Crippen LogP contribution in [0.4, 0.5) is 13.2 Å². The molecule has 0 aliphatic carbocycles. The van der Waals surface area contributed by atoms with Crippen LogP contribution in [0.2, 0.25) is 0 Å². The number of benzene rings is 1. The van der Waals surface area contributed by atoms with Gasteiger partial charge in [-0.25, -0.2) is 0 Å². The predicted molar refractivity (Wildman–Crippen MR) is 81.2 cm³/mol. The molecule has 9 heteroatoms. The maximum absolute atomic E-state index is 12.7. The van der Waals surface area contributed by atoms with Gasteiger partial charge in [-0.3, -0.25) is 4.90 Å². The largest absolute Gasteiger partial charge is 0.416 e. The van der Waals surface area contributed by atoms with Crippen LogP contribution in [-0.4, -0.2) is 44.7 Å². The number of nitrogens with two attached hydrogens (primary N) is 1. The zero-order valence-electron chi connectivity index (χ0n) is 13.3. The molecule has 0 bridgehead atoms. The Morgan fingerprint density at radius 2 is 1.96 bits per heavy atom. The van der Waals surface area contributed by atoms with Crippen molar-refractivity contribution in [1.82, 2.24) is 25.1 Å². The van der Waals surface area contributed by atoms with Gasteiger partial charge in [-0.2, -0.15) is 17.9 Å². The van der Waals surface area contributed by atoms with Crippen LogP contribution in [-0.2, 0) is 12.7 Å². The first-order chi connectivity index (χ1) is 11.3. The summed E-state index contributed by atoms with van der Waals surface area (Å²) < 4.78 is 39.4. The smallest absolute Gasteiger partial charge is 0.330 e. The lowest BCUT2D eigenvalue weighted by Crippen LogP contribution is -2.31. The fourth-order valence-electron chi connectivity index (χ4n) is 2.92. The van der Waals surface area contributed by atoms with E-state index in [1.54, 1.807) is 0 Å². The molecule has 2 aromatic rings. The number of nitrogens with zero attached hydrogens (tertiary/aromatic N) is 5. The van der Waals surface area contributed by atoms with Gasteiger partial charge >= 0.3 is 6.18 Å². The lowest BCUT2D eigenvalue weighted by molar-refractivity contribution is -0.137. The Balaban J connectivity index is 1.76. The Morgan fingerprint density at radius 3 is 2.54 bits per heavy atom. The van der Waals surface area contributed by atoms with Crippen molar-refractivity contribution in [3.05, 3.63) is 35.7 Å². The van der Waals surface area contributed by atoms with Crippen molar-refractivity contribution in [3.8, 4) is 5.69 Å². The minimum Gasteiger partial charge on any atom is -0.330 e. The van der Waals surface area contributed by atoms with Crippen LogP contribution in [0.1, 0.15) is 24.7 Å². The maximum atomic E-state index is 12.7. The van der Waals surface area contributed by atoms with E-state index in [1.807, 2.05) is 0 Å². The minimum absolute atomic E-state index is 0.0899. The normalized spacial score (nSPS) is 22.2. The fourth-order valence-corrected chi connectivity index (χ4v) is 2.92. The van der Waals surface area contributed by atoms with E-state index in [1.165, 1.54) is 16.8 Å². The van der Waals surface area contributed by atoms with Crippen molar-refractivity contribution in [2.24, 2.45) is 11.1 Å². The van der Waals surface area contributed by atoms with Crippen LogP contribution in [0.25, 0.3) is 5.69 Å². The summed E-state index contributed by atoms with van der Waals surface area (Å²) in [5, 5.41) is 11.6. The molecule has 1 atom stereocenters. The molecule has 1 aromatic heterocycles. The number of tetrazole rings is 1. The van der Waals surface area contributed by atoms with E-state index in [0.29, 0.717) is 24.6 Å². The monoisotopic (exact) mass is 340 g/mol. The van der Waals surface area contributed by atoms with Gasteiger partial charge in [0, 0.05) is 6.54 Å². The summed E-state index contributed by atoms with van der Waals surface area (Å²) in [6, 6.07) is 4.80. The molecule has 1 aliphatic heterocycles. The highest BCUT2D eigenvalue weighted by Gasteiger charge is 2.33. The van der Waals surface area contributed by atoms with Crippen molar-refractivity contribution >= 4 is 0 Å². The second-order valence-electron chi connectivity index (χ2n) is 6.53. The van der Waals surface area contributed by atoms with Gasteiger partial charge in [-0.05, 0) is 59.6 Å². The summed E-state index contributed by atoms with van der Waals surface area (Å²) in [4.78, 5) is 2.21.